The zero-order chi connectivity index (χ0) is 13.4. The van der Waals surface area contributed by atoms with E-state index in [1.54, 1.807) is 7.11 Å². The molecule has 1 heterocycles. The lowest BCUT2D eigenvalue weighted by Crippen LogP contribution is -1.83. The van der Waals surface area contributed by atoms with Crippen LogP contribution in [0, 0.1) is 13.8 Å². The van der Waals surface area contributed by atoms with Crippen LogP contribution in [0.25, 0.3) is 22.6 Å². The van der Waals surface area contributed by atoms with Gasteiger partial charge in [0.05, 0.1) is 7.11 Å². The fourth-order valence-corrected chi connectivity index (χ4v) is 2.03. The fourth-order valence-electron chi connectivity index (χ4n) is 2.03. The van der Waals surface area contributed by atoms with Crippen molar-refractivity contribution in [1.29, 1.82) is 0 Å². The Morgan fingerprint density at radius 1 is 1.00 bits per heavy atom. The Hall–Kier alpha value is -2.29. The first-order valence-electron chi connectivity index (χ1n) is 6.19. The summed E-state index contributed by atoms with van der Waals surface area (Å²) in [6.45, 7) is 4.18. The highest BCUT2D eigenvalue weighted by molar-refractivity contribution is 5.77. The van der Waals surface area contributed by atoms with E-state index in [-0.39, 0.29) is 0 Å². The molecule has 0 aliphatic rings. The van der Waals surface area contributed by atoms with Crippen LogP contribution >= 0.6 is 0 Å². The molecular weight excluding hydrogens is 238 g/mol. The van der Waals surface area contributed by atoms with Gasteiger partial charge in [0.1, 0.15) is 11.3 Å². The predicted octanol–water partition coefficient (Wildman–Crippen LogP) is 4.12. The number of hydrogen-bond donors (Lipinski definition) is 0. The topological polar surface area (TPSA) is 35.3 Å². The second kappa shape index (κ2) is 4.43. The van der Waals surface area contributed by atoms with Gasteiger partial charge in [0, 0.05) is 11.6 Å². The van der Waals surface area contributed by atoms with Crippen LogP contribution in [0.15, 0.2) is 40.8 Å². The molecule has 0 aliphatic heterocycles. The summed E-state index contributed by atoms with van der Waals surface area (Å²) >= 11 is 0. The van der Waals surface area contributed by atoms with Crippen LogP contribution < -0.4 is 4.74 Å². The van der Waals surface area contributed by atoms with Crippen LogP contribution in [0.4, 0.5) is 0 Å². The number of fused-ring (bicyclic) bond motifs is 1. The van der Waals surface area contributed by atoms with Gasteiger partial charge in [-0.1, -0.05) is 6.07 Å². The van der Waals surface area contributed by atoms with Crippen molar-refractivity contribution >= 4 is 11.1 Å². The summed E-state index contributed by atoms with van der Waals surface area (Å²) in [4.78, 5) is 4.52. The molecule has 0 bridgehead atoms. The van der Waals surface area contributed by atoms with E-state index in [0.717, 1.165) is 22.4 Å². The predicted molar refractivity (Wildman–Crippen MR) is 75.5 cm³/mol. The minimum Gasteiger partial charge on any atom is -0.497 e. The van der Waals surface area contributed by atoms with Crippen molar-refractivity contribution in [2.24, 2.45) is 0 Å². The largest absolute Gasteiger partial charge is 0.497 e. The van der Waals surface area contributed by atoms with Gasteiger partial charge in [-0.3, -0.25) is 0 Å². The lowest BCUT2D eigenvalue weighted by atomic mass is 10.1. The number of oxazole rings is 1. The molecule has 0 radical (unpaired) electrons. The second-order valence-corrected chi connectivity index (χ2v) is 4.65. The maximum Gasteiger partial charge on any atom is 0.227 e. The molecule has 0 aliphatic carbocycles. The van der Waals surface area contributed by atoms with Crippen LogP contribution in [0.5, 0.6) is 5.75 Å². The third-order valence-corrected chi connectivity index (χ3v) is 3.35. The molecule has 1 aromatic heterocycles. The molecule has 3 rings (SSSR count). The van der Waals surface area contributed by atoms with Crippen molar-refractivity contribution < 1.29 is 9.15 Å². The highest BCUT2D eigenvalue weighted by Crippen LogP contribution is 2.27. The van der Waals surface area contributed by atoms with E-state index in [4.69, 9.17) is 9.15 Å². The molecule has 0 atom stereocenters. The molecule has 0 spiro atoms. The number of aryl methyl sites for hydroxylation is 2. The molecule has 3 nitrogen and oxygen atoms in total. The molecule has 0 fully saturated rings. The molecule has 0 saturated heterocycles. The van der Waals surface area contributed by atoms with E-state index in [1.165, 1.54) is 11.1 Å². The van der Waals surface area contributed by atoms with Crippen LogP contribution in [0.3, 0.4) is 0 Å². The Morgan fingerprint density at radius 2 is 1.84 bits per heavy atom. The maximum absolute atomic E-state index is 5.78. The number of ether oxygens (including phenoxy) is 1. The summed E-state index contributed by atoms with van der Waals surface area (Å²) < 4.78 is 11.0. The van der Waals surface area contributed by atoms with Crippen molar-refractivity contribution in [3.63, 3.8) is 0 Å². The Morgan fingerprint density at radius 3 is 2.58 bits per heavy atom. The Bertz CT molecular complexity index is 744. The van der Waals surface area contributed by atoms with Gasteiger partial charge in [0.2, 0.25) is 5.89 Å². The van der Waals surface area contributed by atoms with Gasteiger partial charge in [0.15, 0.2) is 5.58 Å². The second-order valence-electron chi connectivity index (χ2n) is 4.65. The molecule has 0 N–H and O–H groups in total. The average molecular weight is 253 g/mol. The van der Waals surface area contributed by atoms with Crippen molar-refractivity contribution in [3.8, 4) is 17.2 Å². The van der Waals surface area contributed by atoms with Crippen LogP contribution in [0.1, 0.15) is 11.1 Å². The fraction of sp³-hybridized carbons (Fsp3) is 0.188. The number of rotatable bonds is 2. The maximum atomic E-state index is 5.78. The minimum atomic E-state index is 0.645. The van der Waals surface area contributed by atoms with Gasteiger partial charge >= 0.3 is 0 Å². The number of aromatic nitrogens is 1. The van der Waals surface area contributed by atoms with Crippen LogP contribution in [0.2, 0.25) is 0 Å². The molecule has 19 heavy (non-hydrogen) atoms. The Kier molecular flexibility index (Phi) is 2.75. The highest BCUT2D eigenvalue weighted by Gasteiger charge is 2.09. The van der Waals surface area contributed by atoms with Crippen molar-refractivity contribution in [2.75, 3.05) is 7.11 Å². The van der Waals surface area contributed by atoms with E-state index < -0.39 is 0 Å². The SMILES string of the molecule is COc1ccc2oc(-c3ccc(C)c(C)c3)nc2c1. The van der Waals surface area contributed by atoms with Gasteiger partial charge < -0.3 is 9.15 Å². The van der Waals surface area contributed by atoms with Gasteiger partial charge in [-0.05, 0) is 49.2 Å². The lowest BCUT2D eigenvalue weighted by molar-refractivity contribution is 0.415. The molecule has 3 heteroatoms. The first-order valence-corrected chi connectivity index (χ1v) is 6.19. The zero-order valence-electron chi connectivity index (χ0n) is 11.2. The van der Waals surface area contributed by atoms with E-state index in [9.17, 15) is 0 Å². The molecule has 0 saturated carbocycles. The summed E-state index contributed by atoms with van der Waals surface area (Å²) in [6, 6.07) is 11.8. The summed E-state index contributed by atoms with van der Waals surface area (Å²) in [5.74, 6) is 1.43. The summed E-state index contributed by atoms with van der Waals surface area (Å²) in [5, 5.41) is 0. The number of methoxy groups -OCH3 is 1. The number of nitrogens with zero attached hydrogens (tertiary/aromatic N) is 1. The normalized spacial score (nSPS) is 10.9. The van der Waals surface area contributed by atoms with Crippen LogP contribution in [-0.4, -0.2) is 12.1 Å². The average Bonchev–Trinajstić information content (AvgIpc) is 2.84. The Labute approximate surface area is 111 Å². The summed E-state index contributed by atoms with van der Waals surface area (Å²) in [7, 11) is 1.64. The van der Waals surface area contributed by atoms with E-state index in [0.29, 0.717) is 5.89 Å². The zero-order valence-corrected chi connectivity index (χ0v) is 11.2. The molecule has 3 aromatic rings. The van der Waals surface area contributed by atoms with Gasteiger partial charge in [-0.15, -0.1) is 0 Å². The number of hydrogen-bond acceptors (Lipinski definition) is 3. The summed E-state index contributed by atoms with van der Waals surface area (Å²) in [5.41, 5.74) is 5.08. The van der Waals surface area contributed by atoms with E-state index in [2.05, 4.69) is 31.0 Å². The smallest absolute Gasteiger partial charge is 0.227 e. The third-order valence-electron chi connectivity index (χ3n) is 3.35. The molecule has 0 amide bonds. The van der Waals surface area contributed by atoms with Gasteiger partial charge in [0.25, 0.3) is 0 Å². The quantitative estimate of drug-likeness (QED) is 0.689. The molecule has 96 valence electrons. The molecular formula is C16H15NO2. The first kappa shape index (κ1) is 11.8. The molecule has 0 unspecified atom stereocenters. The van der Waals surface area contributed by atoms with Gasteiger partial charge in [-0.2, -0.15) is 0 Å². The van der Waals surface area contributed by atoms with Gasteiger partial charge in [-0.25, -0.2) is 4.98 Å². The highest BCUT2D eigenvalue weighted by atomic mass is 16.5. The third kappa shape index (κ3) is 2.08. The van der Waals surface area contributed by atoms with Crippen LogP contribution in [-0.2, 0) is 0 Å². The van der Waals surface area contributed by atoms with Crippen molar-refractivity contribution in [2.45, 2.75) is 13.8 Å². The van der Waals surface area contributed by atoms with E-state index in [1.807, 2.05) is 24.3 Å². The monoisotopic (exact) mass is 253 g/mol. The van der Waals surface area contributed by atoms with Crippen molar-refractivity contribution in [3.05, 3.63) is 47.5 Å². The lowest BCUT2D eigenvalue weighted by Gasteiger charge is -2.01. The van der Waals surface area contributed by atoms with Crippen molar-refractivity contribution in [1.82, 2.24) is 4.98 Å². The minimum absolute atomic E-state index is 0.645. The number of benzene rings is 2. The molecule has 2 aromatic carbocycles. The standard InChI is InChI=1S/C16H15NO2/c1-10-4-5-12(8-11(10)2)16-17-14-9-13(18-3)6-7-15(14)19-16/h4-9H,1-3H3. The summed E-state index contributed by atoms with van der Waals surface area (Å²) in [6.07, 6.45) is 0. The Balaban J connectivity index is 2.11. The first-order chi connectivity index (χ1) is 9.17. The van der Waals surface area contributed by atoms with E-state index >= 15 is 0 Å².